The van der Waals surface area contributed by atoms with Crippen LogP contribution in [0.3, 0.4) is 0 Å². The van der Waals surface area contributed by atoms with Gasteiger partial charge in [-0.15, -0.1) is 0 Å². The number of nitrogens with one attached hydrogen (secondary N) is 1. The fraction of sp³-hybridized carbons (Fsp3) is 0.111. The van der Waals surface area contributed by atoms with Gasteiger partial charge in [-0.1, -0.05) is 18.2 Å². The van der Waals surface area contributed by atoms with Crippen molar-refractivity contribution in [2.24, 2.45) is 0 Å². The van der Waals surface area contributed by atoms with E-state index in [9.17, 15) is 5.21 Å². The van der Waals surface area contributed by atoms with Crippen molar-refractivity contribution in [2.45, 2.75) is 0 Å². The number of quaternary nitrogens is 1. The highest BCUT2D eigenvalue weighted by molar-refractivity contribution is 5.79. The van der Waals surface area contributed by atoms with E-state index in [-0.39, 0.29) is 5.06 Å². The Morgan fingerprint density at radius 1 is 1.33 bits per heavy atom. The molecule has 0 fully saturated rings. The highest BCUT2D eigenvalue weighted by Crippen LogP contribution is 2.19. The maximum atomic E-state index is 10.9. The summed E-state index contributed by atoms with van der Waals surface area (Å²) in [5.41, 5.74) is 0.766. The Morgan fingerprint density at radius 2 is 2.08 bits per heavy atom. The Balaban J connectivity index is 2.62. The van der Waals surface area contributed by atoms with Crippen LogP contribution in [0.1, 0.15) is 0 Å². The monoisotopic (exact) mass is 163 g/mol. The molecule has 0 spiro atoms. The zero-order valence-corrected chi connectivity index (χ0v) is 6.70. The lowest BCUT2D eigenvalue weighted by atomic mass is 10.3. The highest BCUT2D eigenvalue weighted by Gasteiger charge is 2.05. The molecule has 3 heteroatoms. The average Bonchev–Trinajstić information content (AvgIpc) is 2.46. The number of hydrogen-bond acceptors (Lipinski definition) is 2. The van der Waals surface area contributed by atoms with Crippen LogP contribution < -0.4 is 5.06 Å². The van der Waals surface area contributed by atoms with E-state index in [0.717, 1.165) is 11.0 Å². The van der Waals surface area contributed by atoms with Gasteiger partial charge in [-0.25, -0.2) is 0 Å². The maximum Gasteiger partial charge on any atom is 0.295 e. The van der Waals surface area contributed by atoms with Crippen molar-refractivity contribution in [3.05, 3.63) is 35.5 Å². The van der Waals surface area contributed by atoms with E-state index in [1.165, 1.54) is 7.05 Å². The van der Waals surface area contributed by atoms with E-state index in [1.807, 2.05) is 24.3 Å². The predicted molar refractivity (Wildman–Crippen MR) is 46.1 cm³/mol. The van der Waals surface area contributed by atoms with Crippen LogP contribution in [0.15, 0.2) is 34.7 Å². The van der Waals surface area contributed by atoms with E-state index in [2.05, 4.69) is 0 Å². The summed E-state index contributed by atoms with van der Waals surface area (Å²) in [5, 5.41) is 11.9. The molecule has 0 aliphatic heterocycles. The molecule has 0 saturated carbocycles. The summed E-state index contributed by atoms with van der Waals surface area (Å²) < 4.78 is 5.28. The Bertz CT molecular complexity index is 359. The number of hydroxylamine groups is 1. The molecule has 1 aromatic carbocycles. The zero-order valence-electron chi connectivity index (χ0n) is 6.70. The van der Waals surface area contributed by atoms with Crippen molar-refractivity contribution in [3.8, 4) is 0 Å². The molecule has 0 aliphatic rings. The van der Waals surface area contributed by atoms with Gasteiger partial charge in [-0.2, -0.15) is 0 Å². The molecule has 62 valence electrons. The summed E-state index contributed by atoms with van der Waals surface area (Å²) in [6.45, 7) is 0. The van der Waals surface area contributed by atoms with Crippen LogP contribution in [0, 0.1) is 5.21 Å². The summed E-state index contributed by atoms with van der Waals surface area (Å²) in [5.74, 6) is 0.427. The number of hydrogen-bond donors (Lipinski definition) is 1. The van der Waals surface area contributed by atoms with Gasteiger partial charge in [0.1, 0.15) is 5.58 Å². The van der Waals surface area contributed by atoms with Crippen LogP contribution in [-0.4, -0.2) is 7.05 Å². The minimum absolute atomic E-state index is 0.0359. The van der Waals surface area contributed by atoms with Gasteiger partial charge in [0.05, 0.1) is 13.1 Å². The highest BCUT2D eigenvalue weighted by atomic mass is 16.5. The van der Waals surface area contributed by atoms with E-state index in [1.54, 1.807) is 6.07 Å². The van der Waals surface area contributed by atoms with Crippen molar-refractivity contribution in [1.82, 2.24) is 0 Å². The molecular weight excluding hydrogens is 154 g/mol. The van der Waals surface area contributed by atoms with Gasteiger partial charge >= 0.3 is 0 Å². The van der Waals surface area contributed by atoms with Crippen molar-refractivity contribution >= 4 is 16.9 Å². The fourth-order valence-corrected chi connectivity index (χ4v) is 1.16. The van der Waals surface area contributed by atoms with Crippen molar-refractivity contribution < 1.29 is 9.48 Å². The first-order valence-corrected chi connectivity index (χ1v) is 3.77. The standard InChI is InChI=1S/C9H9NO2/c1-10(11)9-6-7-4-2-3-5-8(7)12-9/h2-6,10H,1H3. The molecule has 12 heavy (non-hydrogen) atoms. The first kappa shape index (κ1) is 7.34. The molecule has 0 aliphatic carbocycles. The van der Waals surface area contributed by atoms with Gasteiger partial charge in [-0.3, -0.25) is 0 Å². The van der Waals surface area contributed by atoms with Crippen LogP contribution in [0.4, 0.5) is 5.88 Å². The van der Waals surface area contributed by atoms with E-state index < -0.39 is 0 Å². The SMILES string of the molecule is C[NH+]([O-])c1cc2ccccc2o1. The van der Waals surface area contributed by atoms with E-state index in [4.69, 9.17) is 4.42 Å². The molecule has 0 amide bonds. The first-order chi connectivity index (χ1) is 5.77. The van der Waals surface area contributed by atoms with Gasteiger partial charge in [0.25, 0.3) is 5.88 Å². The fourth-order valence-electron chi connectivity index (χ4n) is 1.16. The van der Waals surface area contributed by atoms with Gasteiger partial charge in [0.2, 0.25) is 0 Å². The Kier molecular flexibility index (Phi) is 1.60. The molecule has 0 radical (unpaired) electrons. The minimum Gasteiger partial charge on any atom is -0.627 e. The summed E-state index contributed by atoms with van der Waals surface area (Å²) >= 11 is 0. The third-order valence-electron chi connectivity index (χ3n) is 1.77. The van der Waals surface area contributed by atoms with Crippen LogP contribution in [0.25, 0.3) is 11.0 Å². The number of rotatable bonds is 1. The lowest BCUT2D eigenvalue weighted by Gasteiger charge is -2.09. The molecular formula is C9H9NO2. The average molecular weight is 163 g/mol. The molecule has 1 heterocycles. The van der Waals surface area contributed by atoms with Crippen molar-refractivity contribution in [3.63, 3.8) is 0 Å². The van der Waals surface area contributed by atoms with Gasteiger partial charge in [-0.05, 0) is 6.07 Å². The Labute approximate surface area is 69.8 Å². The molecule has 2 rings (SSSR count). The summed E-state index contributed by atoms with van der Waals surface area (Å²) in [7, 11) is 1.50. The van der Waals surface area contributed by atoms with Gasteiger partial charge in [0.15, 0.2) is 0 Å². The lowest BCUT2D eigenvalue weighted by molar-refractivity contribution is -0.760. The van der Waals surface area contributed by atoms with E-state index in [0.29, 0.717) is 5.88 Å². The second-order valence-corrected chi connectivity index (χ2v) is 2.70. The minimum atomic E-state index is -0.0359. The van der Waals surface area contributed by atoms with Crippen LogP contribution in [-0.2, 0) is 0 Å². The van der Waals surface area contributed by atoms with Crippen molar-refractivity contribution in [1.29, 1.82) is 0 Å². The normalized spacial score (nSPS) is 13.5. The molecule has 1 aromatic heterocycles. The summed E-state index contributed by atoms with van der Waals surface area (Å²) in [6, 6.07) is 9.34. The quantitative estimate of drug-likeness (QED) is 0.639. The topological polar surface area (TPSA) is 40.6 Å². The molecule has 1 unspecified atom stereocenters. The lowest BCUT2D eigenvalue weighted by Crippen LogP contribution is -2.98. The third kappa shape index (κ3) is 1.09. The van der Waals surface area contributed by atoms with Crippen LogP contribution in [0.2, 0.25) is 0 Å². The largest absolute Gasteiger partial charge is 0.627 e. The summed E-state index contributed by atoms with van der Waals surface area (Å²) in [4.78, 5) is 0. The smallest absolute Gasteiger partial charge is 0.295 e. The van der Waals surface area contributed by atoms with Gasteiger partial charge < -0.3 is 14.7 Å². The zero-order chi connectivity index (χ0) is 8.55. The predicted octanol–water partition coefficient (Wildman–Crippen LogP) is 1.08. The third-order valence-corrected chi connectivity index (χ3v) is 1.77. The molecule has 0 bridgehead atoms. The van der Waals surface area contributed by atoms with Crippen molar-refractivity contribution in [2.75, 3.05) is 7.05 Å². The van der Waals surface area contributed by atoms with Crippen LogP contribution >= 0.6 is 0 Å². The first-order valence-electron chi connectivity index (χ1n) is 3.77. The summed E-state index contributed by atoms with van der Waals surface area (Å²) in [6.07, 6.45) is 0. The molecule has 3 nitrogen and oxygen atoms in total. The number of benzene rings is 1. The number of para-hydroxylation sites is 1. The van der Waals surface area contributed by atoms with Gasteiger partial charge in [0, 0.05) is 5.39 Å². The maximum absolute atomic E-state index is 10.9. The van der Waals surface area contributed by atoms with Crippen LogP contribution in [0.5, 0.6) is 0 Å². The Hall–Kier alpha value is -1.32. The number of furan rings is 1. The Morgan fingerprint density at radius 3 is 2.75 bits per heavy atom. The second kappa shape index (κ2) is 2.62. The second-order valence-electron chi connectivity index (χ2n) is 2.70. The van der Waals surface area contributed by atoms with E-state index >= 15 is 0 Å². The molecule has 1 N–H and O–H groups in total. The molecule has 1 atom stereocenters. The molecule has 0 saturated heterocycles. The number of fused-ring (bicyclic) bond motifs is 1. The molecule has 2 aromatic rings.